The maximum absolute atomic E-state index is 13.9. The van der Waals surface area contributed by atoms with Gasteiger partial charge in [-0.25, -0.2) is 9.97 Å². The van der Waals surface area contributed by atoms with Gasteiger partial charge in [0.2, 0.25) is 11.9 Å². The quantitative estimate of drug-likeness (QED) is 0.666. The van der Waals surface area contributed by atoms with Crippen LogP contribution in [0.1, 0.15) is 45.2 Å². The van der Waals surface area contributed by atoms with Gasteiger partial charge in [0.1, 0.15) is 11.3 Å². The second-order valence-corrected chi connectivity index (χ2v) is 10.4. The van der Waals surface area contributed by atoms with Gasteiger partial charge in [0.15, 0.2) is 0 Å². The number of hydrogen-bond acceptors (Lipinski definition) is 7. The molecule has 0 spiro atoms. The Kier molecular flexibility index (Phi) is 7.32. The van der Waals surface area contributed by atoms with E-state index in [9.17, 15) is 18.0 Å². The Morgan fingerprint density at radius 1 is 1.26 bits per heavy atom. The molecule has 2 aliphatic heterocycles. The summed E-state index contributed by atoms with van der Waals surface area (Å²) in [5.41, 5.74) is 4.43. The minimum Gasteiger partial charge on any atom is -0.378 e. The molecule has 1 saturated carbocycles. The minimum absolute atomic E-state index is 0.0414. The summed E-state index contributed by atoms with van der Waals surface area (Å²) in [5.74, 6) is 0.393. The molecule has 1 amide bonds. The zero-order valence-corrected chi connectivity index (χ0v) is 20.7. The van der Waals surface area contributed by atoms with Crippen LogP contribution >= 0.6 is 0 Å². The molecule has 3 heterocycles. The van der Waals surface area contributed by atoms with E-state index in [0.717, 1.165) is 31.5 Å². The third-order valence-corrected chi connectivity index (χ3v) is 8.46. The van der Waals surface area contributed by atoms with Crippen molar-refractivity contribution in [3.8, 4) is 0 Å². The van der Waals surface area contributed by atoms with E-state index in [1.165, 1.54) is 0 Å². The number of anilines is 1. The van der Waals surface area contributed by atoms with Gasteiger partial charge in [-0.1, -0.05) is 13.8 Å². The molecule has 2 N–H and O–H groups in total. The summed E-state index contributed by atoms with van der Waals surface area (Å²) < 4.78 is 50.9. The number of rotatable bonds is 5. The van der Waals surface area contributed by atoms with E-state index in [1.807, 2.05) is 4.90 Å². The van der Waals surface area contributed by atoms with Gasteiger partial charge in [0.05, 0.1) is 12.0 Å². The van der Waals surface area contributed by atoms with Crippen molar-refractivity contribution < 1.29 is 27.4 Å². The summed E-state index contributed by atoms with van der Waals surface area (Å²) >= 11 is 0. The number of alkyl halides is 3. The fraction of sp³-hybridized carbons (Fsp3) is 0.792. The van der Waals surface area contributed by atoms with Gasteiger partial charge in [-0.05, 0) is 43.6 Å². The molecule has 1 aliphatic carbocycles. The first kappa shape index (κ1) is 26.1. The molecule has 35 heavy (non-hydrogen) atoms. The zero-order valence-electron chi connectivity index (χ0n) is 20.7. The number of piperazine rings is 1. The molecular formula is C24H36F3N5O3. The Bertz CT molecular complexity index is 909. The van der Waals surface area contributed by atoms with Crippen molar-refractivity contribution in [1.29, 1.82) is 0 Å². The summed E-state index contributed by atoms with van der Waals surface area (Å²) in [7, 11) is 1.68. The van der Waals surface area contributed by atoms with Crippen LogP contribution in [0, 0.1) is 17.3 Å². The van der Waals surface area contributed by atoms with Crippen LogP contribution < -0.4 is 10.6 Å². The molecule has 1 aromatic rings. The number of nitrogens with two attached hydrogens (primary N) is 1. The van der Waals surface area contributed by atoms with Gasteiger partial charge < -0.3 is 25.0 Å². The summed E-state index contributed by atoms with van der Waals surface area (Å²) in [6.45, 7) is 6.82. The molecule has 4 rings (SSSR count). The third-order valence-electron chi connectivity index (χ3n) is 8.46. The molecule has 196 valence electrons. The first-order valence-electron chi connectivity index (χ1n) is 12.4. The highest BCUT2D eigenvalue weighted by atomic mass is 19.4. The third kappa shape index (κ3) is 4.74. The molecule has 4 atom stereocenters. The standard InChI is InChI=1S/C24H36F3N5O3/c1-16(2)22(7-4-17(14-22)23(34-3)15-35-13-6-18(23)28)20(33)31-9-11-32(12-10-31)21-29-8-5-19(30-21)24(25,26)27/h5,8,16-18H,4,6-7,9-15,28H2,1-3H3/t17-,18?,22+,23?/m1/s1. The van der Waals surface area contributed by atoms with Gasteiger partial charge >= 0.3 is 6.18 Å². The summed E-state index contributed by atoms with van der Waals surface area (Å²) in [5, 5.41) is 0. The van der Waals surface area contributed by atoms with Crippen LogP contribution in [-0.4, -0.2) is 78.9 Å². The Hall–Kier alpha value is -1.98. The molecular weight excluding hydrogens is 463 g/mol. The molecule has 3 fully saturated rings. The number of aromatic nitrogens is 2. The van der Waals surface area contributed by atoms with Gasteiger partial charge in [-0.2, -0.15) is 13.2 Å². The first-order valence-corrected chi connectivity index (χ1v) is 12.4. The number of amides is 1. The van der Waals surface area contributed by atoms with E-state index >= 15 is 0 Å². The topological polar surface area (TPSA) is 93.8 Å². The van der Waals surface area contributed by atoms with E-state index in [1.54, 1.807) is 12.0 Å². The van der Waals surface area contributed by atoms with Crippen molar-refractivity contribution in [3.05, 3.63) is 18.0 Å². The van der Waals surface area contributed by atoms with Crippen LogP contribution in [0.25, 0.3) is 0 Å². The van der Waals surface area contributed by atoms with Crippen LogP contribution in [-0.2, 0) is 20.4 Å². The number of carbonyl (C=O) groups excluding carboxylic acids is 1. The maximum Gasteiger partial charge on any atom is 0.433 e. The van der Waals surface area contributed by atoms with Crippen molar-refractivity contribution in [2.24, 2.45) is 23.0 Å². The maximum atomic E-state index is 13.9. The van der Waals surface area contributed by atoms with Crippen LogP contribution in [0.5, 0.6) is 0 Å². The fourth-order valence-electron chi connectivity index (χ4n) is 6.13. The highest BCUT2D eigenvalue weighted by Crippen LogP contribution is 2.53. The Labute approximate surface area is 204 Å². The summed E-state index contributed by atoms with van der Waals surface area (Å²) in [6.07, 6.45) is -0.391. The molecule has 8 nitrogen and oxygen atoms in total. The van der Waals surface area contributed by atoms with Gasteiger partial charge in [-0.3, -0.25) is 4.79 Å². The minimum atomic E-state index is -4.52. The highest BCUT2D eigenvalue weighted by Gasteiger charge is 2.57. The number of carbonyl (C=O) groups is 1. The van der Waals surface area contributed by atoms with Crippen LogP contribution in [0.3, 0.4) is 0 Å². The number of nitrogens with zero attached hydrogens (tertiary/aromatic N) is 4. The predicted octanol–water partition coefficient (Wildman–Crippen LogP) is 2.72. The molecule has 3 aliphatic rings. The van der Waals surface area contributed by atoms with Crippen molar-refractivity contribution in [2.45, 2.75) is 57.3 Å². The smallest absolute Gasteiger partial charge is 0.378 e. The van der Waals surface area contributed by atoms with Crippen molar-refractivity contribution in [1.82, 2.24) is 14.9 Å². The van der Waals surface area contributed by atoms with E-state index in [2.05, 4.69) is 23.8 Å². The number of ether oxygens (including phenoxy) is 2. The lowest BCUT2D eigenvalue weighted by molar-refractivity contribution is -0.158. The van der Waals surface area contributed by atoms with Crippen LogP contribution in [0.2, 0.25) is 0 Å². The highest BCUT2D eigenvalue weighted by molar-refractivity contribution is 5.83. The second-order valence-electron chi connectivity index (χ2n) is 10.4. The van der Waals surface area contributed by atoms with E-state index in [-0.39, 0.29) is 29.7 Å². The Balaban J connectivity index is 1.46. The lowest BCUT2D eigenvalue weighted by Crippen LogP contribution is -2.60. The van der Waals surface area contributed by atoms with Gasteiger partial charge in [0, 0.05) is 52.1 Å². The molecule has 2 saturated heterocycles. The van der Waals surface area contributed by atoms with Gasteiger partial charge in [0.25, 0.3) is 0 Å². The van der Waals surface area contributed by atoms with Crippen molar-refractivity contribution in [2.75, 3.05) is 51.4 Å². The number of hydrogen-bond donors (Lipinski definition) is 1. The Morgan fingerprint density at radius 3 is 2.57 bits per heavy atom. The number of halogens is 3. The normalized spacial score (nSPS) is 32.3. The van der Waals surface area contributed by atoms with E-state index < -0.39 is 22.9 Å². The monoisotopic (exact) mass is 499 g/mol. The van der Waals surface area contributed by atoms with Gasteiger partial charge in [-0.15, -0.1) is 0 Å². The largest absolute Gasteiger partial charge is 0.433 e. The summed E-state index contributed by atoms with van der Waals surface area (Å²) in [6, 6.07) is 0.725. The second kappa shape index (κ2) is 9.82. The number of methoxy groups -OCH3 is 1. The van der Waals surface area contributed by atoms with Crippen molar-refractivity contribution >= 4 is 11.9 Å². The average molecular weight is 500 g/mol. The van der Waals surface area contributed by atoms with Crippen LogP contribution in [0.15, 0.2) is 12.3 Å². The molecule has 11 heteroatoms. The van der Waals surface area contributed by atoms with Crippen molar-refractivity contribution in [3.63, 3.8) is 0 Å². The van der Waals surface area contributed by atoms with E-state index in [4.69, 9.17) is 15.2 Å². The predicted molar refractivity (Wildman–Crippen MR) is 124 cm³/mol. The Morgan fingerprint density at radius 2 is 1.97 bits per heavy atom. The lowest BCUT2D eigenvalue weighted by atomic mass is 9.70. The molecule has 0 aromatic carbocycles. The molecule has 1 aromatic heterocycles. The molecule has 0 radical (unpaired) electrons. The zero-order chi connectivity index (χ0) is 25.4. The fourth-order valence-corrected chi connectivity index (χ4v) is 6.13. The molecule has 0 bridgehead atoms. The first-order chi connectivity index (χ1) is 16.5. The molecule has 2 unspecified atom stereocenters. The summed E-state index contributed by atoms with van der Waals surface area (Å²) in [4.78, 5) is 25.2. The lowest BCUT2D eigenvalue weighted by Gasteiger charge is -2.46. The van der Waals surface area contributed by atoms with E-state index in [0.29, 0.717) is 45.8 Å². The SMILES string of the molecule is COC1([C@@H]2CC[C@@](C(=O)N3CCN(c4nccc(C(F)(F)F)n4)CC3)(C(C)C)C2)COCCC1N. The average Bonchev–Trinajstić information content (AvgIpc) is 3.31. The van der Waals surface area contributed by atoms with Crippen LogP contribution in [0.4, 0.5) is 19.1 Å².